The molecule has 1 aromatic rings. The smallest absolute Gasteiger partial charge is 0.196 e. The first kappa shape index (κ1) is 13.7. The minimum absolute atomic E-state index is 0.0768. The van der Waals surface area contributed by atoms with Crippen molar-refractivity contribution in [2.45, 2.75) is 45.1 Å². The zero-order valence-corrected chi connectivity index (χ0v) is 13.0. The normalized spacial score (nSPS) is 23.9. The minimum atomic E-state index is 0.0768. The molecule has 2 N–H and O–H groups in total. The van der Waals surface area contributed by atoms with Gasteiger partial charge in [0.2, 0.25) is 0 Å². The second-order valence-electron chi connectivity index (χ2n) is 6.87. The Hall–Kier alpha value is -1.22. The largest absolute Gasteiger partial charge is 0.369 e. The summed E-state index contributed by atoms with van der Waals surface area (Å²) in [5.74, 6) is 0.645. The van der Waals surface area contributed by atoms with Crippen molar-refractivity contribution in [1.82, 2.24) is 0 Å². The summed E-state index contributed by atoms with van der Waals surface area (Å²) in [6, 6.07) is 7.92. The van der Waals surface area contributed by atoms with Crippen LogP contribution in [0.25, 0.3) is 0 Å². The minimum Gasteiger partial charge on any atom is -0.369 e. The second kappa shape index (κ2) is 4.66. The summed E-state index contributed by atoms with van der Waals surface area (Å²) in [4.78, 5) is 6.76. The Morgan fingerprint density at radius 3 is 2.30 bits per heavy atom. The van der Waals surface area contributed by atoms with Gasteiger partial charge in [-0.2, -0.15) is 0 Å². The molecule has 1 aromatic carbocycles. The zero-order valence-electron chi connectivity index (χ0n) is 12.2. The van der Waals surface area contributed by atoms with E-state index in [9.17, 15) is 0 Å². The molecule has 0 saturated heterocycles. The Morgan fingerprint density at radius 1 is 1.10 bits per heavy atom. The van der Waals surface area contributed by atoms with E-state index in [-0.39, 0.29) is 5.54 Å². The maximum Gasteiger partial charge on any atom is 0.196 e. The van der Waals surface area contributed by atoms with Crippen LogP contribution in [0.2, 0.25) is 5.02 Å². The molecule has 1 aliphatic heterocycles. The van der Waals surface area contributed by atoms with E-state index in [1.807, 2.05) is 24.3 Å². The first-order valence-corrected chi connectivity index (χ1v) is 7.66. The second-order valence-corrected chi connectivity index (χ2v) is 7.31. The van der Waals surface area contributed by atoms with Gasteiger partial charge in [-0.1, -0.05) is 25.4 Å². The number of benzene rings is 1. The van der Waals surface area contributed by atoms with E-state index in [1.54, 1.807) is 0 Å². The van der Waals surface area contributed by atoms with Gasteiger partial charge in [0.15, 0.2) is 5.96 Å². The van der Waals surface area contributed by atoms with Crippen molar-refractivity contribution in [2.24, 2.45) is 16.1 Å². The molecule has 1 heterocycles. The maximum absolute atomic E-state index is 6.17. The Bertz CT molecular complexity index is 523. The Balaban J connectivity index is 1.91. The Kier molecular flexibility index (Phi) is 3.20. The molecule has 1 aliphatic carbocycles. The highest BCUT2D eigenvalue weighted by Crippen LogP contribution is 2.46. The number of hydrogen-bond donors (Lipinski definition) is 1. The van der Waals surface area contributed by atoms with Gasteiger partial charge in [0, 0.05) is 10.7 Å². The highest BCUT2D eigenvalue weighted by Gasteiger charge is 2.46. The van der Waals surface area contributed by atoms with Crippen LogP contribution in [0.1, 0.15) is 39.5 Å². The summed E-state index contributed by atoms with van der Waals surface area (Å²) in [5, 5.41) is 0.752. The molecule has 2 aliphatic rings. The molecule has 0 atom stereocenters. The monoisotopic (exact) mass is 291 g/mol. The van der Waals surface area contributed by atoms with Gasteiger partial charge in [0.1, 0.15) is 0 Å². The van der Waals surface area contributed by atoms with Gasteiger partial charge < -0.3 is 10.6 Å². The van der Waals surface area contributed by atoms with Gasteiger partial charge in [-0.3, -0.25) is 4.99 Å². The van der Waals surface area contributed by atoms with Crippen LogP contribution in [0.5, 0.6) is 0 Å². The van der Waals surface area contributed by atoms with Crippen LogP contribution in [-0.2, 0) is 0 Å². The first-order valence-electron chi connectivity index (χ1n) is 7.28. The number of nitrogens with two attached hydrogens (primary N) is 1. The zero-order chi connectivity index (χ0) is 14.4. The summed E-state index contributed by atoms with van der Waals surface area (Å²) in [7, 11) is 0. The van der Waals surface area contributed by atoms with Gasteiger partial charge in [0.05, 0.1) is 12.1 Å². The van der Waals surface area contributed by atoms with Crippen molar-refractivity contribution in [3.8, 4) is 0 Å². The molecule has 0 amide bonds. The van der Waals surface area contributed by atoms with Crippen LogP contribution in [0.3, 0.4) is 0 Å². The van der Waals surface area contributed by atoms with Crippen molar-refractivity contribution in [1.29, 1.82) is 0 Å². The molecular weight excluding hydrogens is 270 g/mol. The summed E-state index contributed by atoms with van der Waals surface area (Å²) < 4.78 is 0. The summed E-state index contributed by atoms with van der Waals surface area (Å²) in [5.41, 5.74) is 7.79. The fourth-order valence-corrected chi connectivity index (χ4v) is 3.51. The number of rotatable bonds is 1. The number of guanidine groups is 1. The Morgan fingerprint density at radius 2 is 1.70 bits per heavy atom. The number of anilines is 1. The van der Waals surface area contributed by atoms with Crippen LogP contribution < -0.4 is 10.6 Å². The van der Waals surface area contributed by atoms with Crippen molar-refractivity contribution >= 4 is 23.2 Å². The van der Waals surface area contributed by atoms with Crippen LogP contribution in [0.15, 0.2) is 29.3 Å². The van der Waals surface area contributed by atoms with E-state index in [0.29, 0.717) is 11.4 Å². The number of nitrogens with zero attached hydrogens (tertiary/aromatic N) is 2. The summed E-state index contributed by atoms with van der Waals surface area (Å²) in [6.45, 7) is 5.52. The third kappa shape index (κ3) is 2.28. The lowest BCUT2D eigenvalue weighted by Crippen LogP contribution is -2.54. The number of halogens is 1. The van der Waals surface area contributed by atoms with Crippen LogP contribution in [0, 0.1) is 5.41 Å². The maximum atomic E-state index is 6.17. The van der Waals surface area contributed by atoms with E-state index in [2.05, 4.69) is 23.7 Å². The van der Waals surface area contributed by atoms with E-state index in [4.69, 9.17) is 17.3 Å². The van der Waals surface area contributed by atoms with E-state index in [0.717, 1.165) is 30.1 Å². The van der Waals surface area contributed by atoms with Crippen LogP contribution in [0.4, 0.5) is 5.69 Å². The lowest BCUT2D eigenvalue weighted by Gasteiger charge is -2.46. The first-order chi connectivity index (χ1) is 9.42. The molecule has 0 bridgehead atoms. The standard InChI is InChI=1S/C16H22ClN3/c1-15(2)7-9-16(10-8-15)11-19-14(18)20(16)13-5-3-12(17)4-6-13/h3-6H,7-11H2,1-2H3,(H2,18,19). The topological polar surface area (TPSA) is 41.6 Å². The fourth-order valence-electron chi connectivity index (χ4n) is 3.38. The van der Waals surface area contributed by atoms with Gasteiger partial charge >= 0.3 is 0 Å². The molecule has 1 saturated carbocycles. The molecule has 0 unspecified atom stereocenters. The molecule has 1 spiro atoms. The van der Waals surface area contributed by atoms with E-state index in [1.165, 1.54) is 12.8 Å². The average Bonchev–Trinajstić information content (AvgIpc) is 2.73. The lowest BCUT2D eigenvalue weighted by atomic mass is 9.69. The molecule has 20 heavy (non-hydrogen) atoms. The van der Waals surface area contributed by atoms with E-state index < -0.39 is 0 Å². The summed E-state index contributed by atoms with van der Waals surface area (Å²) in [6.07, 6.45) is 4.74. The van der Waals surface area contributed by atoms with Crippen molar-refractivity contribution in [2.75, 3.05) is 11.4 Å². The molecule has 0 aromatic heterocycles. The molecule has 108 valence electrons. The predicted octanol–water partition coefficient (Wildman–Crippen LogP) is 3.81. The van der Waals surface area contributed by atoms with Gasteiger partial charge in [-0.25, -0.2) is 0 Å². The highest BCUT2D eigenvalue weighted by atomic mass is 35.5. The third-order valence-corrected chi connectivity index (χ3v) is 5.11. The van der Waals surface area contributed by atoms with Gasteiger partial charge in [-0.05, 0) is 55.4 Å². The average molecular weight is 292 g/mol. The molecule has 0 radical (unpaired) electrons. The van der Waals surface area contributed by atoms with Crippen LogP contribution in [-0.4, -0.2) is 18.0 Å². The van der Waals surface area contributed by atoms with E-state index >= 15 is 0 Å². The Labute approximate surface area is 125 Å². The SMILES string of the molecule is CC1(C)CCC2(CC1)CN=C(N)N2c1ccc(Cl)cc1. The molecule has 3 rings (SSSR count). The van der Waals surface area contributed by atoms with Crippen molar-refractivity contribution in [3.63, 3.8) is 0 Å². The van der Waals surface area contributed by atoms with Gasteiger partial charge in [0.25, 0.3) is 0 Å². The highest BCUT2D eigenvalue weighted by molar-refractivity contribution is 6.30. The third-order valence-electron chi connectivity index (χ3n) is 4.86. The fraction of sp³-hybridized carbons (Fsp3) is 0.562. The molecular formula is C16H22ClN3. The van der Waals surface area contributed by atoms with Gasteiger partial charge in [-0.15, -0.1) is 0 Å². The predicted molar refractivity (Wildman–Crippen MR) is 85.4 cm³/mol. The molecule has 1 fully saturated rings. The lowest BCUT2D eigenvalue weighted by molar-refractivity contribution is 0.176. The van der Waals surface area contributed by atoms with Crippen molar-refractivity contribution in [3.05, 3.63) is 29.3 Å². The molecule has 4 heteroatoms. The molecule has 3 nitrogen and oxygen atoms in total. The summed E-state index contributed by atoms with van der Waals surface area (Å²) >= 11 is 5.99. The number of aliphatic imine (C=N–C) groups is 1. The van der Waals surface area contributed by atoms with Crippen LogP contribution >= 0.6 is 11.6 Å². The number of hydrogen-bond acceptors (Lipinski definition) is 3. The quantitative estimate of drug-likeness (QED) is 0.855. The van der Waals surface area contributed by atoms with Crippen molar-refractivity contribution < 1.29 is 0 Å².